The molecule has 2 aromatic heterocycles. The van der Waals surface area contributed by atoms with Crippen LogP contribution in [0.5, 0.6) is 0 Å². The van der Waals surface area contributed by atoms with Crippen molar-refractivity contribution in [2.45, 2.75) is 6.54 Å². The number of aromatic nitrogens is 4. The van der Waals surface area contributed by atoms with Crippen molar-refractivity contribution in [3.63, 3.8) is 0 Å². The zero-order valence-corrected chi connectivity index (χ0v) is 9.79. The molecule has 0 aliphatic carbocycles. The Morgan fingerprint density at radius 2 is 2.22 bits per heavy atom. The predicted molar refractivity (Wildman–Crippen MR) is 64.8 cm³/mol. The van der Waals surface area contributed by atoms with Crippen molar-refractivity contribution in [2.75, 3.05) is 12.4 Å². The van der Waals surface area contributed by atoms with Gasteiger partial charge >= 0.3 is 0 Å². The molecule has 0 fully saturated rings. The molecule has 0 aliphatic heterocycles. The molecule has 2 N–H and O–H groups in total. The fourth-order valence-electron chi connectivity index (χ4n) is 1.26. The van der Waals surface area contributed by atoms with Crippen LogP contribution in [-0.2, 0) is 6.54 Å². The highest BCUT2D eigenvalue weighted by Gasteiger charge is 2.07. The Hall–Kier alpha value is -2.57. The molecule has 0 radical (unpaired) electrons. The Kier molecular flexibility index (Phi) is 3.75. The summed E-state index contributed by atoms with van der Waals surface area (Å²) in [6.45, 7) is 0.308. The maximum atomic E-state index is 11.7. The predicted octanol–water partition coefficient (Wildman–Crippen LogP) is 0.238. The smallest absolute Gasteiger partial charge is 0.271 e. The molecule has 0 bridgehead atoms. The molecule has 7 heteroatoms. The third-order valence-electron chi connectivity index (χ3n) is 2.20. The third kappa shape index (κ3) is 2.97. The quantitative estimate of drug-likeness (QED) is 0.800. The average Bonchev–Trinajstić information content (AvgIpc) is 2.46. The lowest BCUT2D eigenvalue weighted by molar-refractivity contribution is 0.0945. The SMILES string of the molecule is CNc1cnc(C(=O)NCc2cccnn2)cn1. The van der Waals surface area contributed by atoms with Crippen molar-refractivity contribution in [1.29, 1.82) is 0 Å². The lowest BCUT2D eigenvalue weighted by atomic mass is 10.3. The summed E-state index contributed by atoms with van der Waals surface area (Å²) >= 11 is 0. The topological polar surface area (TPSA) is 92.7 Å². The summed E-state index contributed by atoms with van der Waals surface area (Å²) in [6, 6.07) is 3.54. The Labute approximate surface area is 104 Å². The van der Waals surface area contributed by atoms with Gasteiger partial charge in [0.2, 0.25) is 0 Å². The minimum atomic E-state index is -0.296. The molecule has 0 aromatic carbocycles. The van der Waals surface area contributed by atoms with Gasteiger partial charge in [-0.05, 0) is 12.1 Å². The molecule has 2 aromatic rings. The van der Waals surface area contributed by atoms with Crippen LogP contribution in [0.25, 0.3) is 0 Å². The van der Waals surface area contributed by atoms with Crippen molar-refractivity contribution >= 4 is 11.7 Å². The second-order valence-corrected chi connectivity index (χ2v) is 3.43. The van der Waals surface area contributed by atoms with Gasteiger partial charge in [-0.1, -0.05) is 0 Å². The Bertz CT molecular complexity index is 513. The van der Waals surface area contributed by atoms with Crippen LogP contribution in [0.3, 0.4) is 0 Å². The van der Waals surface area contributed by atoms with E-state index in [9.17, 15) is 4.79 Å². The molecule has 92 valence electrons. The number of amides is 1. The van der Waals surface area contributed by atoms with Gasteiger partial charge < -0.3 is 10.6 Å². The highest BCUT2D eigenvalue weighted by atomic mass is 16.1. The number of hydrogen-bond acceptors (Lipinski definition) is 6. The first-order chi connectivity index (χ1) is 8.79. The Morgan fingerprint density at radius 1 is 1.33 bits per heavy atom. The zero-order chi connectivity index (χ0) is 12.8. The lowest BCUT2D eigenvalue weighted by Crippen LogP contribution is -2.24. The number of anilines is 1. The molecular formula is C11H12N6O. The Balaban J connectivity index is 1.95. The van der Waals surface area contributed by atoms with Gasteiger partial charge in [-0.2, -0.15) is 10.2 Å². The molecule has 0 spiro atoms. The molecule has 2 heterocycles. The van der Waals surface area contributed by atoms with Crippen LogP contribution in [0, 0.1) is 0 Å². The number of nitrogens with zero attached hydrogens (tertiary/aromatic N) is 4. The molecule has 7 nitrogen and oxygen atoms in total. The summed E-state index contributed by atoms with van der Waals surface area (Å²) in [5.74, 6) is 0.316. The number of nitrogens with one attached hydrogen (secondary N) is 2. The van der Waals surface area contributed by atoms with Gasteiger partial charge in [-0.15, -0.1) is 0 Å². The largest absolute Gasteiger partial charge is 0.372 e. The summed E-state index contributed by atoms with van der Waals surface area (Å²) in [4.78, 5) is 19.7. The zero-order valence-electron chi connectivity index (χ0n) is 9.79. The maximum Gasteiger partial charge on any atom is 0.271 e. The number of carbonyl (C=O) groups excluding carboxylic acids is 1. The first kappa shape index (κ1) is 11.9. The molecule has 0 saturated carbocycles. The minimum absolute atomic E-state index is 0.262. The maximum absolute atomic E-state index is 11.7. The van der Waals surface area contributed by atoms with Gasteiger partial charge in [0.05, 0.1) is 24.6 Å². The van der Waals surface area contributed by atoms with E-state index in [4.69, 9.17) is 0 Å². The van der Waals surface area contributed by atoms with E-state index in [1.165, 1.54) is 12.4 Å². The van der Waals surface area contributed by atoms with Gasteiger partial charge in [0, 0.05) is 13.2 Å². The molecule has 0 aliphatic rings. The van der Waals surface area contributed by atoms with Crippen LogP contribution >= 0.6 is 0 Å². The summed E-state index contributed by atoms with van der Waals surface area (Å²) in [6.07, 6.45) is 4.49. The average molecular weight is 244 g/mol. The Morgan fingerprint density at radius 3 is 2.83 bits per heavy atom. The van der Waals surface area contributed by atoms with E-state index in [2.05, 4.69) is 30.8 Å². The molecule has 2 rings (SSSR count). The summed E-state index contributed by atoms with van der Waals surface area (Å²) in [5, 5.41) is 13.1. The number of carbonyl (C=O) groups is 1. The van der Waals surface area contributed by atoms with E-state index in [1.807, 2.05) is 0 Å². The van der Waals surface area contributed by atoms with Crippen LogP contribution in [0.4, 0.5) is 5.82 Å². The highest BCUT2D eigenvalue weighted by Crippen LogP contribution is 2.00. The van der Waals surface area contributed by atoms with Gasteiger partial charge in [0.25, 0.3) is 5.91 Å². The van der Waals surface area contributed by atoms with Gasteiger partial charge in [-0.3, -0.25) is 4.79 Å². The van der Waals surface area contributed by atoms with Crippen molar-refractivity contribution in [3.8, 4) is 0 Å². The summed E-state index contributed by atoms with van der Waals surface area (Å²) in [5.41, 5.74) is 0.948. The van der Waals surface area contributed by atoms with Gasteiger partial charge in [0.1, 0.15) is 11.5 Å². The van der Waals surface area contributed by atoms with Crippen molar-refractivity contribution in [3.05, 3.63) is 42.1 Å². The molecule has 0 atom stereocenters. The van der Waals surface area contributed by atoms with Crippen molar-refractivity contribution in [2.24, 2.45) is 0 Å². The number of hydrogen-bond donors (Lipinski definition) is 2. The van der Waals surface area contributed by atoms with E-state index in [-0.39, 0.29) is 11.6 Å². The lowest BCUT2D eigenvalue weighted by Gasteiger charge is -2.04. The van der Waals surface area contributed by atoms with Gasteiger partial charge in [-0.25, -0.2) is 9.97 Å². The molecule has 0 unspecified atom stereocenters. The summed E-state index contributed by atoms with van der Waals surface area (Å²) in [7, 11) is 1.73. The first-order valence-corrected chi connectivity index (χ1v) is 5.34. The van der Waals surface area contributed by atoms with E-state index < -0.39 is 0 Å². The van der Waals surface area contributed by atoms with Crippen LogP contribution < -0.4 is 10.6 Å². The van der Waals surface area contributed by atoms with Crippen LogP contribution in [-0.4, -0.2) is 33.1 Å². The fraction of sp³-hybridized carbons (Fsp3) is 0.182. The van der Waals surface area contributed by atoms with Gasteiger partial charge in [0.15, 0.2) is 0 Å². The highest BCUT2D eigenvalue weighted by molar-refractivity contribution is 5.91. The van der Waals surface area contributed by atoms with Crippen LogP contribution in [0.15, 0.2) is 30.7 Å². The minimum Gasteiger partial charge on any atom is -0.372 e. The first-order valence-electron chi connectivity index (χ1n) is 5.34. The van der Waals surface area contributed by atoms with Crippen molar-refractivity contribution in [1.82, 2.24) is 25.5 Å². The number of rotatable bonds is 4. The van der Waals surface area contributed by atoms with Crippen LogP contribution in [0.1, 0.15) is 16.2 Å². The third-order valence-corrected chi connectivity index (χ3v) is 2.20. The standard InChI is InChI=1S/C11H12N6O/c1-12-10-7-13-9(6-14-10)11(18)15-5-8-3-2-4-16-17-8/h2-4,6-7H,5H2,1H3,(H,12,14)(H,15,18). The summed E-state index contributed by atoms with van der Waals surface area (Å²) < 4.78 is 0. The second-order valence-electron chi connectivity index (χ2n) is 3.43. The normalized spacial score (nSPS) is 9.83. The van der Waals surface area contributed by atoms with E-state index >= 15 is 0 Å². The fourth-order valence-corrected chi connectivity index (χ4v) is 1.26. The molecule has 0 saturated heterocycles. The van der Waals surface area contributed by atoms with Crippen LogP contribution in [0.2, 0.25) is 0 Å². The second kappa shape index (κ2) is 5.67. The molecule has 18 heavy (non-hydrogen) atoms. The molecular weight excluding hydrogens is 232 g/mol. The van der Waals surface area contributed by atoms with E-state index in [0.29, 0.717) is 18.1 Å². The molecule has 1 amide bonds. The van der Waals surface area contributed by atoms with E-state index in [0.717, 1.165) is 0 Å². The van der Waals surface area contributed by atoms with Crippen molar-refractivity contribution < 1.29 is 4.79 Å². The van der Waals surface area contributed by atoms with E-state index in [1.54, 1.807) is 25.4 Å². The monoisotopic (exact) mass is 244 g/mol.